The van der Waals surface area contributed by atoms with E-state index in [1.165, 1.54) is 12.8 Å². The van der Waals surface area contributed by atoms with Gasteiger partial charge in [-0.3, -0.25) is 9.69 Å². The van der Waals surface area contributed by atoms with Gasteiger partial charge in [-0.25, -0.2) is 0 Å². The van der Waals surface area contributed by atoms with Crippen molar-refractivity contribution in [2.45, 2.75) is 38.3 Å². The van der Waals surface area contributed by atoms with Crippen molar-refractivity contribution in [2.24, 2.45) is 0 Å². The standard InChI is InChI=1S/C22H25N5O/c1-3-22(28)23-17-7-4-16(5-8-17)6-9-18-10-13-21(25-24-18)27-14-19-11-12-20(15-27)26(19)2/h4-5,7-8,10,13,19-20H,3,11-12,14-15H2,1-2H3,(H,23,28). The third kappa shape index (κ3) is 4.00. The third-order valence-corrected chi connectivity index (χ3v) is 5.65. The minimum Gasteiger partial charge on any atom is -0.352 e. The molecule has 2 unspecified atom stereocenters. The van der Waals surface area contributed by atoms with Crippen molar-refractivity contribution in [3.63, 3.8) is 0 Å². The summed E-state index contributed by atoms with van der Waals surface area (Å²) in [4.78, 5) is 16.3. The summed E-state index contributed by atoms with van der Waals surface area (Å²) >= 11 is 0. The highest BCUT2D eigenvalue weighted by Crippen LogP contribution is 2.30. The topological polar surface area (TPSA) is 61.4 Å². The molecule has 2 bridgehead atoms. The molecule has 1 amide bonds. The third-order valence-electron chi connectivity index (χ3n) is 5.65. The van der Waals surface area contributed by atoms with Gasteiger partial charge in [-0.1, -0.05) is 12.8 Å². The number of carbonyl (C=O) groups excluding carboxylic acids is 1. The second-order valence-electron chi connectivity index (χ2n) is 7.46. The number of benzene rings is 1. The number of anilines is 2. The van der Waals surface area contributed by atoms with E-state index in [-0.39, 0.29) is 5.91 Å². The predicted molar refractivity (Wildman–Crippen MR) is 110 cm³/mol. The Hall–Kier alpha value is -2.91. The number of amides is 1. The lowest BCUT2D eigenvalue weighted by Gasteiger charge is -2.39. The van der Waals surface area contributed by atoms with Gasteiger partial charge in [-0.2, -0.15) is 0 Å². The number of likely N-dealkylation sites (N-methyl/N-ethyl adjacent to an activating group) is 1. The van der Waals surface area contributed by atoms with Gasteiger partial charge < -0.3 is 10.2 Å². The summed E-state index contributed by atoms with van der Waals surface area (Å²) in [5.41, 5.74) is 2.31. The van der Waals surface area contributed by atoms with Crippen LogP contribution >= 0.6 is 0 Å². The van der Waals surface area contributed by atoms with Crippen LogP contribution in [0, 0.1) is 11.8 Å². The van der Waals surface area contributed by atoms with E-state index in [0.29, 0.717) is 24.2 Å². The Bertz CT molecular complexity index is 883. The van der Waals surface area contributed by atoms with Gasteiger partial charge in [-0.05, 0) is 62.2 Å². The molecule has 1 N–H and O–H groups in total. The monoisotopic (exact) mass is 375 g/mol. The van der Waals surface area contributed by atoms with E-state index < -0.39 is 0 Å². The van der Waals surface area contributed by atoms with Crippen molar-refractivity contribution >= 4 is 17.4 Å². The fraction of sp³-hybridized carbons (Fsp3) is 0.409. The zero-order chi connectivity index (χ0) is 19.5. The second kappa shape index (κ2) is 7.99. The largest absolute Gasteiger partial charge is 0.352 e. The van der Waals surface area contributed by atoms with Crippen molar-refractivity contribution in [3.05, 3.63) is 47.7 Å². The predicted octanol–water partition coefficient (Wildman–Crippen LogP) is 2.51. The maximum atomic E-state index is 11.4. The summed E-state index contributed by atoms with van der Waals surface area (Å²) in [6.45, 7) is 3.87. The van der Waals surface area contributed by atoms with Crippen molar-refractivity contribution in [1.29, 1.82) is 0 Å². The van der Waals surface area contributed by atoms with Crippen LogP contribution in [-0.2, 0) is 4.79 Å². The molecule has 0 aliphatic carbocycles. The van der Waals surface area contributed by atoms with Crippen LogP contribution in [-0.4, -0.2) is 53.2 Å². The number of nitrogens with zero attached hydrogens (tertiary/aromatic N) is 4. The molecule has 0 spiro atoms. The molecule has 0 radical (unpaired) electrons. The van der Waals surface area contributed by atoms with Crippen LogP contribution in [0.1, 0.15) is 37.4 Å². The van der Waals surface area contributed by atoms with E-state index in [0.717, 1.165) is 30.2 Å². The summed E-state index contributed by atoms with van der Waals surface area (Å²) in [6, 6.07) is 12.7. The van der Waals surface area contributed by atoms with Crippen LogP contribution in [0.4, 0.5) is 11.5 Å². The highest BCUT2D eigenvalue weighted by Gasteiger charge is 2.37. The molecule has 6 heteroatoms. The van der Waals surface area contributed by atoms with Crippen LogP contribution in [0.15, 0.2) is 36.4 Å². The highest BCUT2D eigenvalue weighted by atomic mass is 16.1. The minimum absolute atomic E-state index is 0.00237. The molecular formula is C22H25N5O. The lowest BCUT2D eigenvalue weighted by atomic mass is 10.2. The van der Waals surface area contributed by atoms with Crippen LogP contribution < -0.4 is 10.2 Å². The lowest BCUT2D eigenvalue weighted by molar-refractivity contribution is -0.115. The number of fused-ring (bicyclic) bond motifs is 2. The van der Waals surface area contributed by atoms with Gasteiger partial charge in [0.1, 0.15) is 5.69 Å². The van der Waals surface area contributed by atoms with Gasteiger partial charge in [0.15, 0.2) is 5.82 Å². The SMILES string of the molecule is CCC(=O)Nc1ccc(C#Cc2ccc(N3CC4CCC(C3)N4C)nn2)cc1. The molecule has 1 aromatic carbocycles. The molecule has 2 aromatic rings. The number of aromatic nitrogens is 2. The van der Waals surface area contributed by atoms with Crippen molar-refractivity contribution in [3.8, 4) is 11.8 Å². The van der Waals surface area contributed by atoms with E-state index in [2.05, 4.69) is 44.2 Å². The first-order chi connectivity index (χ1) is 13.6. The number of nitrogens with one attached hydrogen (secondary N) is 1. The number of carbonyl (C=O) groups is 1. The maximum Gasteiger partial charge on any atom is 0.224 e. The van der Waals surface area contributed by atoms with Crippen LogP contribution in [0.5, 0.6) is 0 Å². The quantitative estimate of drug-likeness (QED) is 0.836. The first kappa shape index (κ1) is 18.5. The van der Waals surface area contributed by atoms with E-state index in [1.54, 1.807) is 0 Å². The van der Waals surface area contributed by atoms with Gasteiger partial charge >= 0.3 is 0 Å². The Morgan fingerprint density at radius 3 is 2.39 bits per heavy atom. The molecule has 28 heavy (non-hydrogen) atoms. The number of hydrogen-bond donors (Lipinski definition) is 1. The number of piperazine rings is 1. The van der Waals surface area contributed by atoms with E-state index >= 15 is 0 Å². The molecule has 2 aliphatic heterocycles. The van der Waals surface area contributed by atoms with Gasteiger partial charge in [0.2, 0.25) is 5.91 Å². The Kier molecular flexibility index (Phi) is 5.27. The molecule has 2 saturated heterocycles. The van der Waals surface area contributed by atoms with Crippen LogP contribution in [0.3, 0.4) is 0 Å². The summed E-state index contributed by atoms with van der Waals surface area (Å²) in [5.74, 6) is 7.10. The zero-order valence-corrected chi connectivity index (χ0v) is 16.4. The first-order valence-electron chi connectivity index (χ1n) is 9.85. The molecule has 1 aromatic heterocycles. The molecule has 2 atom stereocenters. The number of rotatable bonds is 3. The molecule has 3 heterocycles. The van der Waals surface area contributed by atoms with Gasteiger partial charge in [-0.15, -0.1) is 10.2 Å². The van der Waals surface area contributed by atoms with Crippen LogP contribution in [0.2, 0.25) is 0 Å². The van der Waals surface area contributed by atoms with Crippen molar-refractivity contribution < 1.29 is 4.79 Å². The summed E-state index contributed by atoms with van der Waals surface area (Å²) in [6.07, 6.45) is 3.01. The fourth-order valence-corrected chi connectivity index (χ4v) is 3.88. The Labute approximate surface area is 165 Å². The Morgan fingerprint density at radius 1 is 1.07 bits per heavy atom. The van der Waals surface area contributed by atoms with Gasteiger partial charge in [0.25, 0.3) is 0 Å². The fourth-order valence-electron chi connectivity index (χ4n) is 3.88. The molecule has 4 rings (SSSR count). The average molecular weight is 375 g/mol. The Balaban J connectivity index is 1.39. The summed E-state index contributed by atoms with van der Waals surface area (Å²) in [5, 5.41) is 11.5. The van der Waals surface area contributed by atoms with Crippen molar-refractivity contribution in [1.82, 2.24) is 15.1 Å². The first-order valence-corrected chi connectivity index (χ1v) is 9.85. The lowest BCUT2D eigenvalue weighted by Crippen LogP contribution is -2.52. The molecule has 2 aliphatic rings. The average Bonchev–Trinajstić information content (AvgIpc) is 2.93. The summed E-state index contributed by atoms with van der Waals surface area (Å²) in [7, 11) is 2.23. The number of hydrogen-bond acceptors (Lipinski definition) is 5. The second-order valence-corrected chi connectivity index (χ2v) is 7.46. The smallest absolute Gasteiger partial charge is 0.224 e. The van der Waals surface area contributed by atoms with E-state index in [1.807, 2.05) is 43.3 Å². The maximum absolute atomic E-state index is 11.4. The molecule has 144 valence electrons. The summed E-state index contributed by atoms with van der Waals surface area (Å²) < 4.78 is 0. The van der Waals surface area contributed by atoms with Gasteiger partial charge in [0.05, 0.1) is 0 Å². The zero-order valence-electron chi connectivity index (χ0n) is 16.4. The van der Waals surface area contributed by atoms with E-state index in [9.17, 15) is 4.79 Å². The molecule has 2 fully saturated rings. The highest BCUT2D eigenvalue weighted by molar-refractivity contribution is 5.90. The molecule has 6 nitrogen and oxygen atoms in total. The minimum atomic E-state index is 0.00237. The Morgan fingerprint density at radius 2 is 1.79 bits per heavy atom. The van der Waals surface area contributed by atoms with Gasteiger partial charge in [0, 0.05) is 42.8 Å². The van der Waals surface area contributed by atoms with Crippen LogP contribution in [0.25, 0.3) is 0 Å². The van der Waals surface area contributed by atoms with E-state index in [4.69, 9.17) is 0 Å². The van der Waals surface area contributed by atoms with Crippen molar-refractivity contribution in [2.75, 3.05) is 30.4 Å². The molecular weight excluding hydrogens is 350 g/mol. The normalized spacial score (nSPS) is 21.1. The molecule has 0 saturated carbocycles.